The lowest BCUT2D eigenvalue weighted by Gasteiger charge is -2.07. The molecule has 0 spiro atoms. The highest BCUT2D eigenvalue weighted by atomic mass is 32.2. The summed E-state index contributed by atoms with van der Waals surface area (Å²) in [5.41, 5.74) is -0.401. The Morgan fingerprint density at radius 3 is 2.60 bits per heavy atom. The predicted molar refractivity (Wildman–Crippen MR) is 73.1 cm³/mol. The molecule has 20 heavy (non-hydrogen) atoms. The van der Waals surface area contributed by atoms with Gasteiger partial charge in [0.1, 0.15) is 0 Å². The molecule has 1 saturated heterocycles. The van der Waals surface area contributed by atoms with Crippen molar-refractivity contribution in [2.24, 2.45) is 4.99 Å². The van der Waals surface area contributed by atoms with Crippen LogP contribution in [0.25, 0.3) is 6.08 Å². The number of carbonyl (C=O) groups excluding carboxylic acids is 1. The number of halogens is 3. The van der Waals surface area contributed by atoms with E-state index >= 15 is 0 Å². The van der Waals surface area contributed by atoms with Gasteiger partial charge in [0.15, 0.2) is 5.17 Å². The number of likely N-dealkylation sites (N-methyl/N-ethyl adjacent to an activating group) is 1. The molecule has 3 nitrogen and oxygen atoms in total. The van der Waals surface area contributed by atoms with E-state index in [4.69, 9.17) is 0 Å². The fourth-order valence-corrected chi connectivity index (χ4v) is 2.63. The maximum absolute atomic E-state index is 12.6. The molecule has 0 atom stereocenters. The fraction of sp³-hybridized carbons (Fsp3) is 0.231. The Balaban J connectivity index is 2.35. The first kappa shape index (κ1) is 14.6. The summed E-state index contributed by atoms with van der Waals surface area (Å²) in [5, 5.41) is 0.522. The third-order valence-electron chi connectivity index (χ3n) is 2.71. The van der Waals surface area contributed by atoms with Gasteiger partial charge in [0.25, 0.3) is 5.91 Å². The van der Waals surface area contributed by atoms with Gasteiger partial charge in [-0.05, 0) is 35.5 Å². The molecule has 1 aromatic carbocycles. The lowest BCUT2D eigenvalue weighted by molar-refractivity contribution is -0.137. The summed E-state index contributed by atoms with van der Waals surface area (Å²) < 4.78 is 37.8. The molecule has 0 bridgehead atoms. The van der Waals surface area contributed by atoms with Crippen molar-refractivity contribution < 1.29 is 18.0 Å². The quantitative estimate of drug-likeness (QED) is 0.746. The standard InChI is InChI=1S/C13H11F3N2OS/c1-17-12-18(2)11(19)10(20-12)7-8-4-3-5-9(6-8)13(14,15)16/h3-7H,1-2H3/b10-7+,17-12?. The van der Waals surface area contributed by atoms with Crippen LogP contribution in [0, 0.1) is 0 Å². The lowest BCUT2D eigenvalue weighted by atomic mass is 10.1. The Hall–Kier alpha value is -1.76. The van der Waals surface area contributed by atoms with Crippen LogP contribution in [-0.2, 0) is 11.0 Å². The van der Waals surface area contributed by atoms with Crippen molar-refractivity contribution in [2.75, 3.05) is 14.1 Å². The summed E-state index contributed by atoms with van der Waals surface area (Å²) in [7, 11) is 3.13. The van der Waals surface area contributed by atoms with Gasteiger partial charge in [-0.3, -0.25) is 14.7 Å². The van der Waals surface area contributed by atoms with E-state index in [-0.39, 0.29) is 5.91 Å². The van der Waals surface area contributed by atoms with E-state index in [1.54, 1.807) is 14.1 Å². The van der Waals surface area contributed by atoms with Crippen LogP contribution in [0.15, 0.2) is 34.2 Å². The third kappa shape index (κ3) is 2.87. The van der Waals surface area contributed by atoms with Crippen LogP contribution in [0.4, 0.5) is 13.2 Å². The number of amidine groups is 1. The second-order valence-corrected chi connectivity index (χ2v) is 5.11. The van der Waals surface area contributed by atoms with Gasteiger partial charge in [-0.25, -0.2) is 0 Å². The van der Waals surface area contributed by atoms with E-state index in [0.29, 0.717) is 15.6 Å². The van der Waals surface area contributed by atoms with Crippen LogP contribution in [0.2, 0.25) is 0 Å². The molecule has 0 unspecified atom stereocenters. The summed E-state index contributed by atoms with van der Waals surface area (Å²) in [6, 6.07) is 4.85. The molecule has 0 saturated carbocycles. The molecule has 1 amide bonds. The van der Waals surface area contributed by atoms with E-state index in [1.807, 2.05) is 0 Å². The van der Waals surface area contributed by atoms with Crippen molar-refractivity contribution in [1.82, 2.24) is 4.90 Å². The molecular weight excluding hydrogens is 289 g/mol. The molecule has 1 heterocycles. The molecule has 0 aromatic heterocycles. The highest BCUT2D eigenvalue weighted by Gasteiger charge is 2.31. The van der Waals surface area contributed by atoms with Crippen LogP contribution >= 0.6 is 11.8 Å². The number of nitrogens with zero attached hydrogens (tertiary/aromatic N) is 2. The van der Waals surface area contributed by atoms with Gasteiger partial charge < -0.3 is 0 Å². The Kier molecular flexibility index (Phi) is 3.89. The van der Waals surface area contributed by atoms with Crippen LogP contribution < -0.4 is 0 Å². The molecule has 2 rings (SSSR count). The van der Waals surface area contributed by atoms with Crippen molar-refractivity contribution >= 4 is 28.9 Å². The molecular formula is C13H11F3N2OS. The maximum atomic E-state index is 12.6. The van der Waals surface area contributed by atoms with E-state index in [2.05, 4.69) is 4.99 Å². The highest BCUT2D eigenvalue weighted by molar-refractivity contribution is 8.18. The van der Waals surface area contributed by atoms with Gasteiger partial charge in [0.2, 0.25) is 0 Å². The van der Waals surface area contributed by atoms with Gasteiger partial charge in [0, 0.05) is 14.1 Å². The molecule has 1 aromatic rings. The average Bonchev–Trinajstić information content (AvgIpc) is 2.66. The van der Waals surface area contributed by atoms with Crippen molar-refractivity contribution in [3.8, 4) is 0 Å². The van der Waals surface area contributed by atoms with Crippen LogP contribution in [-0.4, -0.2) is 30.1 Å². The summed E-state index contributed by atoms with van der Waals surface area (Å²) >= 11 is 1.14. The van der Waals surface area contributed by atoms with Crippen molar-refractivity contribution in [1.29, 1.82) is 0 Å². The Bertz CT molecular complexity index is 608. The molecule has 1 fully saturated rings. The molecule has 0 radical (unpaired) electrons. The number of amides is 1. The average molecular weight is 300 g/mol. The number of thioether (sulfide) groups is 1. The lowest BCUT2D eigenvalue weighted by Crippen LogP contribution is -2.23. The highest BCUT2D eigenvalue weighted by Crippen LogP contribution is 2.33. The van der Waals surface area contributed by atoms with E-state index in [1.165, 1.54) is 23.1 Å². The predicted octanol–water partition coefficient (Wildman–Crippen LogP) is 3.24. The number of carbonyl (C=O) groups is 1. The molecule has 7 heteroatoms. The summed E-state index contributed by atoms with van der Waals surface area (Å²) in [6.45, 7) is 0. The second-order valence-electron chi connectivity index (χ2n) is 4.10. The van der Waals surface area contributed by atoms with E-state index in [9.17, 15) is 18.0 Å². The topological polar surface area (TPSA) is 32.7 Å². The smallest absolute Gasteiger partial charge is 0.290 e. The second kappa shape index (κ2) is 5.32. The zero-order valence-corrected chi connectivity index (χ0v) is 11.5. The Labute approximate surface area is 118 Å². The van der Waals surface area contributed by atoms with Crippen molar-refractivity contribution in [3.63, 3.8) is 0 Å². The number of hydrogen-bond acceptors (Lipinski definition) is 3. The monoisotopic (exact) mass is 300 g/mol. The zero-order chi connectivity index (χ0) is 14.9. The fourth-order valence-electron chi connectivity index (χ4n) is 1.71. The molecule has 106 valence electrons. The molecule has 1 aliphatic rings. The van der Waals surface area contributed by atoms with Gasteiger partial charge in [-0.2, -0.15) is 13.2 Å². The molecule has 1 aliphatic heterocycles. The van der Waals surface area contributed by atoms with Crippen LogP contribution in [0.5, 0.6) is 0 Å². The minimum absolute atomic E-state index is 0.270. The molecule has 0 aliphatic carbocycles. The summed E-state index contributed by atoms with van der Waals surface area (Å²) in [5.74, 6) is -0.270. The number of hydrogen-bond donors (Lipinski definition) is 0. The third-order valence-corrected chi connectivity index (χ3v) is 3.86. The normalized spacial score (nSPS) is 20.2. The van der Waals surface area contributed by atoms with Crippen molar-refractivity contribution in [3.05, 3.63) is 40.3 Å². The first-order valence-corrected chi connectivity index (χ1v) is 6.46. The van der Waals surface area contributed by atoms with Gasteiger partial charge in [0.05, 0.1) is 10.5 Å². The van der Waals surface area contributed by atoms with E-state index < -0.39 is 11.7 Å². The van der Waals surface area contributed by atoms with Crippen LogP contribution in [0.1, 0.15) is 11.1 Å². The number of rotatable bonds is 1. The van der Waals surface area contributed by atoms with Crippen LogP contribution in [0.3, 0.4) is 0 Å². The number of alkyl halides is 3. The Morgan fingerprint density at radius 2 is 2.05 bits per heavy atom. The minimum Gasteiger partial charge on any atom is -0.290 e. The molecule has 0 N–H and O–H groups in total. The minimum atomic E-state index is -4.39. The summed E-state index contributed by atoms with van der Waals surface area (Å²) in [6.07, 6.45) is -2.95. The van der Waals surface area contributed by atoms with Gasteiger partial charge in [-0.15, -0.1) is 0 Å². The van der Waals surface area contributed by atoms with Gasteiger partial charge >= 0.3 is 6.18 Å². The maximum Gasteiger partial charge on any atom is 0.416 e. The largest absolute Gasteiger partial charge is 0.416 e. The number of benzene rings is 1. The Morgan fingerprint density at radius 1 is 1.35 bits per heavy atom. The van der Waals surface area contributed by atoms with Gasteiger partial charge in [-0.1, -0.05) is 12.1 Å². The first-order chi connectivity index (χ1) is 9.32. The SMILES string of the molecule is CN=C1S/C(=C/c2cccc(C(F)(F)F)c2)C(=O)N1C. The summed E-state index contributed by atoms with van der Waals surface area (Å²) in [4.78, 5) is 17.5. The van der Waals surface area contributed by atoms with E-state index in [0.717, 1.165) is 23.9 Å². The first-order valence-electron chi connectivity index (χ1n) is 5.64. The van der Waals surface area contributed by atoms with Crippen molar-refractivity contribution in [2.45, 2.75) is 6.18 Å². The number of aliphatic imine (C=N–C) groups is 1. The zero-order valence-electron chi connectivity index (χ0n) is 10.7.